The van der Waals surface area contributed by atoms with Crippen LogP contribution in [0.2, 0.25) is 0 Å². The van der Waals surface area contributed by atoms with Gasteiger partial charge in [0.15, 0.2) is 0 Å². The maximum absolute atomic E-state index is 13.0. The number of carbonyl (C=O) groups is 1. The third-order valence-corrected chi connectivity index (χ3v) is 6.68. The standard InChI is InChI=1S/C22H34F2N2O.C7H6O2/c1-6-7-8-9-19-17(3)16(2)14-21(27-5)20(19)15-25-10-12-26(13-11-25)18(4)22(23)24;8-7(9)6-4-2-1-3-5-6/h8-9,14,18,22H,6-7,10-13,15H2,1-5H3;1-5H,(H,8,9)/b9-8-;. The summed E-state index contributed by atoms with van der Waals surface area (Å²) in [7, 11) is 1.72. The van der Waals surface area contributed by atoms with Crippen molar-refractivity contribution in [1.82, 2.24) is 9.80 Å². The van der Waals surface area contributed by atoms with E-state index in [-0.39, 0.29) is 0 Å². The third-order valence-electron chi connectivity index (χ3n) is 6.68. The highest BCUT2D eigenvalue weighted by molar-refractivity contribution is 5.87. The van der Waals surface area contributed by atoms with Crippen LogP contribution in [0.1, 0.15) is 59.3 Å². The second kappa shape index (κ2) is 14.7. The van der Waals surface area contributed by atoms with E-state index >= 15 is 0 Å². The van der Waals surface area contributed by atoms with Gasteiger partial charge >= 0.3 is 5.97 Å². The van der Waals surface area contributed by atoms with Gasteiger partial charge in [-0.2, -0.15) is 0 Å². The summed E-state index contributed by atoms with van der Waals surface area (Å²) in [6.45, 7) is 11.8. The van der Waals surface area contributed by atoms with E-state index in [1.54, 1.807) is 44.4 Å². The minimum atomic E-state index is -2.29. The number of unbranched alkanes of at least 4 members (excludes halogenated alkanes) is 1. The highest BCUT2D eigenvalue weighted by Crippen LogP contribution is 2.31. The summed E-state index contributed by atoms with van der Waals surface area (Å²) < 4.78 is 31.6. The van der Waals surface area contributed by atoms with Gasteiger partial charge in [0.1, 0.15) is 5.75 Å². The molecule has 0 spiro atoms. The average Bonchev–Trinajstić information content (AvgIpc) is 2.88. The number of benzene rings is 2. The summed E-state index contributed by atoms with van der Waals surface area (Å²) in [6, 6.07) is 9.73. The van der Waals surface area contributed by atoms with Gasteiger partial charge in [0, 0.05) is 38.3 Å². The number of piperazine rings is 1. The zero-order valence-corrected chi connectivity index (χ0v) is 22.1. The lowest BCUT2D eigenvalue weighted by molar-refractivity contribution is 0.00744. The van der Waals surface area contributed by atoms with Crippen LogP contribution in [0.3, 0.4) is 0 Å². The molecule has 1 saturated heterocycles. The Balaban J connectivity index is 0.000000425. The molecule has 3 rings (SSSR count). The van der Waals surface area contributed by atoms with Crippen LogP contribution >= 0.6 is 0 Å². The fourth-order valence-electron chi connectivity index (χ4n) is 4.19. The summed E-state index contributed by atoms with van der Waals surface area (Å²) in [5, 5.41) is 8.38. The van der Waals surface area contributed by atoms with Gasteiger partial charge < -0.3 is 9.84 Å². The van der Waals surface area contributed by atoms with E-state index < -0.39 is 18.4 Å². The molecule has 1 aliphatic rings. The molecule has 2 aromatic rings. The van der Waals surface area contributed by atoms with Crippen LogP contribution in [-0.2, 0) is 6.54 Å². The maximum atomic E-state index is 13.0. The van der Waals surface area contributed by atoms with Gasteiger partial charge in [0.05, 0.1) is 18.7 Å². The number of allylic oxidation sites excluding steroid dienone is 1. The van der Waals surface area contributed by atoms with Gasteiger partial charge in [-0.15, -0.1) is 0 Å². The first-order valence-corrected chi connectivity index (χ1v) is 12.6. The van der Waals surface area contributed by atoms with Crippen molar-refractivity contribution in [2.75, 3.05) is 33.3 Å². The first kappa shape index (κ1) is 29.5. The fourth-order valence-corrected chi connectivity index (χ4v) is 4.19. The number of nitrogens with zero attached hydrogens (tertiary/aromatic N) is 2. The van der Waals surface area contributed by atoms with Crippen molar-refractivity contribution in [3.63, 3.8) is 0 Å². The molecular formula is C29H40F2N2O3. The molecule has 1 unspecified atom stereocenters. The number of carboxylic acids is 1. The molecule has 1 aliphatic heterocycles. The number of carboxylic acid groups (broad SMARTS) is 1. The zero-order valence-electron chi connectivity index (χ0n) is 22.1. The summed E-state index contributed by atoms with van der Waals surface area (Å²) in [6.07, 6.45) is 4.34. The monoisotopic (exact) mass is 502 g/mol. The van der Waals surface area contributed by atoms with Gasteiger partial charge in [-0.1, -0.05) is 43.7 Å². The molecule has 1 heterocycles. The Morgan fingerprint density at radius 3 is 2.28 bits per heavy atom. The minimum absolute atomic E-state index is 0.331. The lowest BCUT2D eigenvalue weighted by atomic mass is 9.95. The van der Waals surface area contributed by atoms with E-state index in [9.17, 15) is 13.6 Å². The Bertz CT molecular complexity index is 988. The Morgan fingerprint density at radius 1 is 1.14 bits per heavy atom. The van der Waals surface area contributed by atoms with E-state index in [4.69, 9.17) is 9.84 Å². The molecule has 0 radical (unpaired) electrons. The Labute approximate surface area is 214 Å². The molecule has 0 aromatic heterocycles. The maximum Gasteiger partial charge on any atom is 0.335 e. The van der Waals surface area contributed by atoms with Gasteiger partial charge in [-0.3, -0.25) is 9.80 Å². The SMILES string of the molecule is CCC/C=C\c1c(C)c(C)cc(OC)c1CN1CCN(C(C)C(F)F)CC1.O=C(O)c1ccccc1. The first-order valence-electron chi connectivity index (χ1n) is 12.6. The number of hydrogen-bond acceptors (Lipinski definition) is 4. The van der Waals surface area contributed by atoms with Crippen molar-refractivity contribution in [2.24, 2.45) is 0 Å². The second-order valence-corrected chi connectivity index (χ2v) is 9.16. The normalized spacial score (nSPS) is 15.6. The second-order valence-electron chi connectivity index (χ2n) is 9.16. The van der Waals surface area contributed by atoms with Gasteiger partial charge in [0.2, 0.25) is 0 Å². The van der Waals surface area contributed by atoms with Gasteiger partial charge in [-0.05, 0) is 62.1 Å². The molecule has 0 saturated carbocycles. The number of alkyl halides is 2. The fraction of sp³-hybridized carbons (Fsp3) is 0.483. The van der Waals surface area contributed by atoms with Crippen molar-refractivity contribution < 1.29 is 23.4 Å². The highest BCUT2D eigenvalue weighted by Gasteiger charge is 2.27. The Hall–Kier alpha value is -2.77. The predicted octanol–water partition coefficient (Wildman–Crippen LogP) is 6.28. The quantitative estimate of drug-likeness (QED) is 0.437. The lowest BCUT2D eigenvalue weighted by Crippen LogP contribution is -2.51. The van der Waals surface area contributed by atoms with Crippen molar-refractivity contribution >= 4 is 12.0 Å². The number of methoxy groups -OCH3 is 1. The Morgan fingerprint density at radius 2 is 1.78 bits per heavy atom. The molecule has 0 bridgehead atoms. The van der Waals surface area contributed by atoms with Crippen molar-refractivity contribution in [1.29, 1.82) is 0 Å². The summed E-state index contributed by atoms with van der Waals surface area (Å²) >= 11 is 0. The number of ether oxygens (including phenoxy) is 1. The van der Waals surface area contributed by atoms with Gasteiger partial charge in [0.25, 0.3) is 6.43 Å². The van der Waals surface area contributed by atoms with E-state index in [1.165, 1.54) is 22.3 Å². The van der Waals surface area contributed by atoms with E-state index in [2.05, 4.69) is 43.9 Å². The summed E-state index contributed by atoms with van der Waals surface area (Å²) in [4.78, 5) is 14.4. The number of halogens is 2. The largest absolute Gasteiger partial charge is 0.496 e. The average molecular weight is 503 g/mol. The van der Waals surface area contributed by atoms with E-state index in [1.807, 2.05) is 4.90 Å². The van der Waals surface area contributed by atoms with Crippen LogP contribution in [0.25, 0.3) is 6.08 Å². The van der Waals surface area contributed by atoms with Crippen LogP contribution in [0.15, 0.2) is 42.5 Å². The molecule has 2 aromatic carbocycles. The van der Waals surface area contributed by atoms with Crippen molar-refractivity contribution in [3.05, 3.63) is 70.3 Å². The van der Waals surface area contributed by atoms with Crippen LogP contribution in [0.5, 0.6) is 5.75 Å². The summed E-state index contributed by atoms with van der Waals surface area (Å²) in [5.41, 5.74) is 5.27. The molecule has 1 fully saturated rings. The molecule has 1 atom stereocenters. The van der Waals surface area contributed by atoms with Crippen LogP contribution in [0, 0.1) is 13.8 Å². The van der Waals surface area contributed by atoms with Gasteiger partial charge in [-0.25, -0.2) is 13.6 Å². The van der Waals surface area contributed by atoms with Crippen LogP contribution < -0.4 is 4.74 Å². The lowest BCUT2D eigenvalue weighted by Gasteiger charge is -2.38. The third kappa shape index (κ3) is 8.42. The molecule has 5 nitrogen and oxygen atoms in total. The van der Waals surface area contributed by atoms with E-state index in [0.29, 0.717) is 18.7 Å². The molecule has 0 aliphatic carbocycles. The van der Waals surface area contributed by atoms with Crippen LogP contribution in [0.4, 0.5) is 8.78 Å². The van der Waals surface area contributed by atoms with Crippen molar-refractivity contribution in [3.8, 4) is 5.75 Å². The number of hydrogen-bond donors (Lipinski definition) is 1. The number of aryl methyl sites for hydroxylation is 1. The number of aromatic carboxylic acids is 1. The minimum Gasteiger partial charge on any atom is -0.496 e. The molecule has 1 N–H and O–H groups in total. The topological polar surface area (TPSA) is 53.0 Å². The molecule has 36 heavy (non-hydrogen) atoms. The highest BCUT2D eigenvalue weighted by atomic mass is 19.3. The predicted molar refractivity (Wildman–Crippen MR) is 142 cm³/mol. The Kier molecular flexibility index (Phi) is 12.0. The molecule has 198 valence electrons. The summed E-state index contributed by atoms with van der Waals surface area (Å²) in [5.74, 6) is 0.0354. The van der Waals surface area contributed by atoms with Crippen LogP contribution in [-0.4, -0.2) is 66.6 Å². The molecular weight excluding hydrogens is 462 g/mol. The number of rotatable bonds is 9. The smallest absolute Gasteiger partial charge is 0.335 e. The molecule has 0 amide bonds. The first-order chi connectivity index (χ1) is 17.2. The van der Waals surface area contributed by atoms with E-state index in [0.717, 1.165) is 38.2 Å². The van der Waals surface area contributed by atoms with Crippen molar-refractivity contribution in [2.45, 2.75) is 59.5 Å². The molecule has 7 heteroatoms. The zero-order chi connectivity index (χ0) is 26.7.